The summed E-state index contributed by atoms with van der Waals surface area (Å²) in [4.78, 5) is 9.86. The lowest BCUT2D eigenvalue weighted by molar-refractivity contribution is -0.491. The fourth-order valence-corrected chi connectivity index (χ4v) is 1.78. The molecule has 0 fully saturated rings. The number of fused-ring (bicyclic) bond motifs is 1. The number of benzene rings is 2. The molecular formula is C12H11NO3. The van der Waals surface area contributed by atoms with Crippen molar-refractivity contribution in [1.29, 1.82) is 0 Å². The van der Waals surface area contributed by atoms with Gasteiger partial charge in [0.1, 0.15) is 6.10 Å². The molecule has 0 aromatic heterocycles. The molecule has 1 N–H and O–H groups in total. The molecule has 82 valence electrons. The number of hydrogen-bond donors (Lipinski definition) is 1. The Balaban J connectivity index is 2.47. The van der Waals surface area contributed by atoms with Crippen LogP contribution in [0.4, 0.5) is 0 Å². The number of aliphatic hydroxyl groups is 1. The second kappa shape index (κ2) is 4.28. The quantitative estimate of drug-likeness (QED) is 0.632. The summed E-state index contributed by atoms with van der Waals surface area (Å²) in [5.74, 6) is 0. The zero-order valence-corrected chi connectivity index (χ0v) is 8.54. The molecule has 1 atom stereocenters. The van der Waals surface area contributed by atoms with E-state index in [1.165, 1.54) is 0 Å². The van der Waals surface area contributed by atoms with Gasteiger partial charge in [0.15, 0.2) is 0 Å². The molecule has 0 aliphatic rings. The average molecular weight is 217 g/mol. The lowest BCUT2D eigenvalue weighted by Gasteiger charge is -2.09. The predicted octanol–water partition coefficient (Wildman–Crippen LogP) is 2.15. The molecule has 0 bridgehead atoms. The Labute approximate surface area is 92.3 Å². The van der Waals surface area contributed by atoms with Gasteiger partial charge in [0.05, 0.1) is 0 Å². The molecular weight excluding hydrogens is 206 g/mol. The van der Waals surface area contributed by atoms with Crippen LogP contribution < -0.4 is 0 Å². The van der Waals surface area contributed by atoms with Crippen LogP contribution in [0.5, 0.6) is 0 Å². The number of nitrogens with zero attached hydrogens (tertiary/aromatic N) is 1. The standard InChI is InChI=1S/C12H11NO3/c14-12(8-13(15)16)11-7-3-5-9-4-1-2-6-10(9)11/h1-7,12,14H,8H2. The highest BCUT2D eigenvalue weighted by Gasteiger charge is 2.16. The zero-order chi connectivity index (χ0) is 11.5. The average Bonchev–Trinajstić information content (AvgIpc) is 2.27. The molecule has 2 rings (SSSR count). The molecule has 0 radical (unpaired) electrons. The van der Waals surface area contributed by atoms with E-state index in [1.54, 1.807) is 12.1 Å². The van der Waals surface area contributed by atoms with Crippen molar-refractivity contribution < 1.29 is 10.0 Å². The lowest BCUT2D eigenvalue weighted by atomic mass is 10.0. The fraction of sp³-hybridized carbons (Fsp3) is 0.167. The van der Waals surface area contributed by atoms with Crippen molar-refractivity contribution in [3.05, 3.63) is 58.1 Å². The summed E-state index contributed by atoms with van der Waals surface area (Å²) >= 11 is 0. The van der Waals surface area contributed by atoms with Gasteiger partial charge in [-0.1, -0.05) is 42.5 Å². The Bertz CT molecular complexity index is 519. The Morgan fingerprint density at radius 1 is 1.19 bits per heavy atom. The molecule has 1 unspecified atom stereocenters. The van der Waals surface area contributed by atoms with Crippen molar-refractivity contribution in [2.45, 2.75) is 6.10 Å². The van der Waals surface area contributed by atoms with E-state index in [4.69, 9.17) is 0 Å². The van der Waals surface area contributed by atoms with E-state index in [0.29, 0.717) is 5.56 Å². The van der Waals surface area contributed by atoms with Crippen molar-refractivity contribution >= 4 is 10.8 Å². The Morgan fingerprint density at radius 3 is 2.62 bits per heavy atom. The third kappa shape index (κ3) is 2.01. The van der Waals surface area contributed by atoms with Crippen LogP contribution >= 0.6 is 0 Å². The molecule has 16 heavy (non-hydrogen) atoms. The molecule has 2 aromatic carbocycles. The van der Waals surface area contributed by atoms with Gasteiger partial charge in [-0.2, -0.15) is 0 Å². The van der Waals surface area contributed by atoms with Crippen LogP contribution in [-0.4, -0.2) is 16.6 Å². The minimum atomic E-state index is -1.05. The van der Waals surface area contributed by atoms with Gasteiger partial charge >= 0.3 is 0 Å². The molecule has 0 aliphatic heterocycles. The van der Waals surface area contributed by atoms with Gasteiger partial charge in [-0.25, -0.2) is 0 Å². The largest absolute Gasteiger partial charge is 0.381 e. The van der Waals surface area contributed by atoms with Crippen LogP contribution in [0.3, 0.4) is 0 Å². The minimum Gasteiger partial charge on any atom is -0.381 e. The summed E-state index contributed by atoms with van der Waals surface area (Å²) in [6.45, 7) is -0.464. The normalized spacial score (nSPS) is 12.6. The van der Waals surface area contributed by atoms with Crippen molar-refractivity contribution in [3.63, 3.8) is 0 Å². The van der Waals surface area contributed by atoms with E-state index < -0.39 is 17.6 Å². The second-order valence-electron chi connectivity index (χ2n) is 3.60. The van der Waals surface area contributed by atoms with Gasteiger partial charge < -0.3 is 5.11 Å². The topological polar surface area (TPSA) is 63.4 Å². The number of hydrogen-bond acceptors (Lipinski definition) is 3. The summed E-state index contributed by atoms with van der Waals surface area (Å²) in [7, 11) is 0. The third-order valence-corrected chi connectivity index (χ3v) is 2.50. The maximum atomic E-state index is 10.4. The van der Waals surface area contributed by atoms with Crippen LogP contribution in [0.1, 0.15) is 11.7 Å². The summed E-state index contributed by atoms with van der Waals surface area (Å²) < 4.78 is 0. The van der Waals surface area contributed by atoms with Crippen LogP contribution in [0, 0.1) is 10.1 Å². The van der Waals surface area contributed by atoms with Crippen LogP contribution in [0.2, 0.25) is 0 Å². The van der Waals surface area contributed by atoms with E-state index in [-0.39, 0.29) is 0 Å². The first-order valence-corrected chi connectivity index (χ1v) is 4.96. The van der Waals surface area contributed by atoms with Gasteiger partial charge in [-0.15, -0.1) is 0 Å². The second-order valence-corrected chi connectivity index (χ2v) is 3.60. The maximum Gasteiger partial charge on any atom is 0.233 e. The first-order valence-electron chi connectivity index (χ1n) is 4.96. The molecule has 4 nitrogen and oxygen atoms in total. The van der Waals surface area contributed by atoms with Crippen LogP contribution in [-0.2, 0) is 0 Å². The molecule has 0 aliphatic carbocycles. The zero-order valence-electron chi connectivity index (χ0n) is 8.54. The minimum absolute atomic E-state index is 0.464. The van der Waals surface area contributed by atoms with Gasteiger partial charge in [0.2, 0.25) is 6.54 Å². The van der Waals surface area contributed by atoms with E-state index >= 15 is 0 Å². The number of aliphatic hydroxyl groups excluding tert-OH is 1. The van der Waals surface area contributed by atoms with Crippen molar-refractivity contribution in [3.8, 4) is 0 Å². The summed E-state index contributed by atoms with van der Waals surface area (Å²) in [5.41, 5.74) is 0.606. The Hall–Kier alpha value is -1.94. The molecule has 0 saturated carbocycles. The van der Waals surface area contributed by atoms with Crippen molar-refractivity contribution in [2.75, 3.05) is 6.54 Å². The fourth-order valence-electron chi connectivity index (χ4n) is 1.78. The summed E-state index contributed by atoms with van der Waals surface area (Å²) in [6.07, 6.45) is -1.05. The first-order chi connectivity index (χ1) is 7.68. The van der Waals surface area contributed by atoms with E-state index in [2.05, 4.69) is 0 Å². The summed E-state index contributed by atoms with van der Waals surface area (Å²) in [5, 5.41) is 21.9. The Kier molecular flexibility index (Phi) is 2.83. The SMILES string of the molecule is O=[N+]([O-])CC(O)c1cccc2ccccc12. The van der Waals surface area contributed by atoms with E-state index in [1.807, 2.05) is 30.3 Å². The lowest BCUT2D eigenvalue weighted by Crippen LogP contribution is -2.12. The first kappa shape index (κ1) is 10.6. The smallest absolute Gasteiger partial charge is 0.233 e. The monoisotopic (exact) mass is 217 g/mol. The number of rotatable bonds is 3. The highest BCUT2D eigenvalue weighted by Crippen LogP contribution is 2.24. The van der Waals surface area contributed by atoms with Crippen molar-refractivity contribution in [2.24, 2.45) is 0 Å². The van der Waals surface area contributed by atoms with E-state index in [0.717, 1.165) is 10.8 Å². The highest BCUT2D eigenvalue weighted by molar-refractivity contribution is 5.85. The molecule has 0 spiro atoms. The van der Waals surface area contributed by atoms with Gasteiger partial charge in [0.25, 0.3) is 0 Å². The van der Waals surface area contributed by atoms with Crippen molar-refractivity contribution in [1.82, 2.24) is 0 Å². The van der Waals surface area contributed by atoms with Gasteiger partial charge in [-0.05, 0) is 16.3 Å². The molecule has 0 amide bonds. The van der Waals surface area contributed by atoms with Gasteiger partial charge in [0, 0.05) is 4.92 Å². The van der Waals surface area contributed by atoms with Gasteiger partial charge in [-0.3, -0.25) is 10.1 Å². The molecule has 4 heteroatoms. The van der Waals surface area contributed by atoms with Crippen LogP contribution in [0.25, 0.3) is 10.8 Å². The number of nitro groups is 1. The molecule has 2 aromatic rings. The molecule has 0 heterocycles. The molecule has 0 saturated heterocycles. The maximum absolute atomic E-state index is 10.4. The highest BCUT2D eigenvalue weighted by atomic mass is 16.6. The van der Waals surface area contributed by atoms with Crippen LogP contribution in [0.15, 0.2) is 42.5 Å². The third-order valence-electron chi connectivity index (χ3n) is 2.50. The summed E-state index contributed by atoms with van der Waals surface area (Å²) in [6, 6.07) is 12.9. The van der Waals surface area contributed by atoms with E-state index in [9.17, 15) is 15.2 Å². The Morgan fingerprint density at radius 2 is 1.88 bits per heavy atom. The predicted molar refractivity (Wildman–Crippen MR) is 60.8 cm³/mol.